The minimum atomic E-state index is -5.08. The molecule has 0 aromatic carbocycles. The Bertz CT molecular complexity index is 1140. The molecule has 0 spiro atoms. The highest BCUT2D eigenvalue weighted by molar-refractivity contribution is 7.80. The minimum Gasteiger partial charge on any atom is -0.394 e. The van der Waals surface area contributed by atoms with Crippen LogP contribution in [-0.4, -0.2) is 95.4 Å². The summed E-state index contributed by atoms with van der Waals surface area (Å²) in [6.45, 7) is 3.38. The van der Waals surface area contributed by atoms with Crippen LogP contribution in [-0.2, 0) is 28.9 Å². The van der Waals surface area contributed by atoms with Gasteiger partial charge in [0.15, 0.2) is 6.29 Å². The van der Waals surface area contributed by atoms with Gasteiger partial charge in [-0.3, -0.25) is 9.35 Å². The molecule has 1 aliphatic rings. The lowest BCUT2D eigenvalue weighted by Crippen LogP contribution is -2.61. The van der Waals surface area contributed by atoms with Crippen LogP contribution >= 0.6 is 0 Å². The van der Waals surface area contributed by atoms with Gasteiger partial charge in [-0.05, 0) is 19.3 Å². The van der Waals surface area contributed by atoms with Crippen molar-refractivity contribution in [3.63, 3.8) is 0 Å². The lowest BCUT2D eigenvalue weighted by Gasteiger charge is -2.41. The van der Waals surface area contributed by atoms with E-state index in [9.17, 15) is 38.2 Å². The number of nitrogens with one attached hydrogen (secondary N) is 1. The van der Waals surface area contributed by atoms with Crippen molar-refractivity contribution in [2.75, 3.05) is 13.2 Å². The number of aliphatic hydroxyl groups excluding tert-OH is 4. The first-order valence-corrected chi connectivity index (χ1v) is 26.4. The Morgan fingerprint density at radius 2 is 1.03 bits per heavy atom. The molecule has 0 bridgehead atoms. The number of aliphatic hydroxyl groups is 4. The van der Waals surface area contributed by atoms with Crippen molar-refractivity contribution < 1.29 is 51.8 Å². The molecule has 1 rings (SSSR count). The van der Waals surface area contributed by atoms with Gasteiger partial charge in [-0.1, -0.05) is 219 Å². The largest absolute Gasteiger partial charge is 0.397 e. The van der Waals surface area contributed by atoms with Gasteiger partial charge in [0.1, 0.15) is 24.4 Å². The van der Waals surface area contributed by atoms with Gasteiger partial charge >= 0.3 is 10.4 Å². The predicted molar refractivity (Wildman–Crippen MR) is 246 cm³/mol. The molecule has 13 heteroatoms. The molecule has 0 saturated carbocycles. The van der Waals surface area contributed by atoms with Gasteiger partial charge < -0.3 is 35.2 Å². The van der Waals surface area contributed by atoms with Crippen molar-refractivity contribution in [2.45, 2.75) is 275 Å². The van der Waals surface area contributed by atoms with Crippen molar-refractivity contribution in [2.24, 2.45) is 0 Å². The SMILES string of the molecule is CCCCCCCCCC/C=C/C(O)C(COC1OC(CO)C(O)C(OS(=O)(=O)O)C1O)NC(=O)CCCCCCCCCCCCCCCCCCCCCCCCCC. The molecule has 0 aromatic heterocycles. The number of allylic oxidation sites excluding steroid dienone is 1. The van der Waals surface area contributed by atoms with Crippen LogP contribution in [0.15, 0.2) is 12.2 Å². The van der Waals surface area contributed by atoms with Crippen LogP contribution in [0.1, 0.15) is 232 Å². The highest BCUT2D eigenvalue weighted by Gasteiger charge is 2.48. The smallest absolute Gasteiger partial charge is 0.394 e. The zero-order valence-electron chi connectivity index (χ0n) is 38.7. The van der Waals surface area contributed by atoms with Gasteiger partial charge in [-0.2, -0.15) is 8.42 Å². The first kappa shape index (κ1) is 57.9. The van der Waals surface area contributed by atoms with E-state index in [0.717, 1.165) is 38.5 Å². The van der Waals surface area contributed by atoms with Gasteiger partial charge in [-0.25, -0.2) is 4.18 Å². The summed E-state index contributed by atoms with van der Waals surface area (Å²) < 4.78 is 47.6. The van der Waals surface area contributed by atoms with Crippen LogP contribution in [0, 0.1) is 0 Å². The summed E-state index contributed by atoms with van der Waals surface area (Å²) in [6.07, 6.45) is 35.6. The van der Waals surface area contributed by atoms with Gasteiger partial charge in [-0.15, -0.1) is 0 Å². The Labute approximate surface area is 372 Å². The molecule has 1 heterocycles. The molecular weight excluding hydrogens is 799 g/mol. The fraction of sp³-hybridized carbons (Fsp3) is 0.938. The topological polar surface area (TPSA) is 192 Å². The molecule has 0 aliphatic carbocycles. The molecule has 61 heavy (non-hydrogen) atoms. The second-order valence-electron chi connectivity index (χ2n) is 17.8. The third kappa shape index (κ3) is 32.2. The summed E-state index contributed by atoms with van der Waals surface area (Å²) in [6, 6.07) is -0.937. The molecular formula is C48H93NO11S. The molecule has 0 aromatic rings. The van der Waals surface area contributed by atoms with E-state index in [-0.39, 0.29) is 18.9 Å². The van der Waals surface area contributed by atoms with E-state index >= 15 is 0 Å². The van der Waals surface area contributed by atoms with Crippen LogP contribution < -0.4 is 5.32 Å². The Hall–Kier alpha value is -1.16. The zero-order valence-corrected chi connectivity index (χ0v) is 39.6. The average Bonchev–Trinajstić information content (AvgIpc) is 3.23. The van der Waals surface area contributed by atoms with E-state index in [1.54, 1.807) is 6.08 Å². The second kappa shape index (κ2) is 39.2. The number of hydrogen-bond donors (Lipinski definition) is 6. The number of hydrogen-bond acceptors (Lipinski definition) is 10. The summed E-state index contributed by atoms with van der Waals surface area (Å²) in [5.41, 5.74) is 0. The molecule has 362 valence electrons. The van der Waals surface area contributed by atoms with Crippen LogP contribution in [0.5, 0.6) is 0 Å². The van der Waals surface area contributed by atoms with Crippen LogP contribution in [0.4, 0.5) is 0 Å². The molecule has 0 radical (unpaired) electrons. The van der Waals surface area contributed by atoms with E-state index in [1.807, 2.05) is 6.08 Å². The molecule has 1 fully saturated rings. The zero-order chi connectivity index (χ0) is 44.8. The van der Waals surface area contributed by atoms with E-state index in [1.165, 1.54) is 167 Å². The first-order chi connectivity index (χ1) is 29.5. The third-order valence-corrected chi connectivity index (χ3v) is 12.5. The van der Waals surface area contributed by atoms with Crippen molar-refractivity contribution in [3.05, 3.63) is 12.2 Å². The Morgan fingerprint density at radius 1 is 0.639 bits per heavy atom. The average molecular weight is 892 g/mol. The number of carbonyl (C=O) groups is 1. The van der Waals surface area contributed by atoms with Crippen molar-refractivity contribution in [3.8, 4) is 0 Å². The summed E-state index contributed by atoms with van der Waals surface area (Å²) >= 11 is 0. The second-order valence-corrected chi connectivity index (χ2v) is 18.8. The van der Waals surface area contributed by atoms with E-state index < -0.39 is 59.9 Å². The first-order valence-electron chi connectivity index (χ1n) is 25.1. The van der Waals surface area contributed by atoms with Gasteiger partial charge in [0.2, 0.25) is 5.91 Å². The van der Waals surface area contributed by atoms with E-state index in [4.69, 9.17) is 9.47 Å². The van der Waals surface area contributed by atoms with Crippen molar-refractivity contribution in [1.29, 1.82) is 0 Å². The summed E-state index contributed by atoms with van der Waals surface area (Å²) in [5, 5.41) is 44.6. The molecule has 7 unspecified atom stereocenters. The van der Waals surface area contributed by atoms with Crippen LogP contribution in [0.2, 0.25) is 0 Å². The predicted octanol–water partition coefficient (Wildman–Crippen LogP) is 10.3. The number of unbranched alkanes of at least 4 members (excludes halogenated alkanes) is 31. The van der Waals surface area contributed by atoms with E-state index in [0.29, 0.717) is 6.42 Å². The Balaban J connectivity index is 2.34. The lowest BCUT2D eigenvalue weighted by atomic mass is 9.99. The maximum Gasteiger partial charge on any atom is 0.397 e. The van der Waals surface area contributed by atoms with Crippen molar-refractivity contribution in [1.82, 2.24) is 5.32 Å². The number of rotatable bonds is 43. The Morgan fingerprint density at radius 3 is 1.43 bits per heavy atom. The number of amides is 1. The molecule has 12 nitrogen and oxygen atoms in total. The molecule has 1 saturated heterocycles. The standard InChI is InChI=1S/C48H93NO11S/c1-3-5-7-9-11-13-15-16-17-18-19-20-21-22-23-24-25-26-27-28-30-32-34-36-38-44(52)49-41(42(51)37-35-33-31-29-14-12-10-8-6-4-2)40-58-48-46(54)47(60-61(55,56)57)45(53)43(39-50)59-48/h35,37,41-43,45-48,50-51,53-54H,3-34,36,38-40H2,1-2H3,(H,49,52)(H,55,56,57)/b37-35+. The summed E-state index contributed by atoms with van der Waals surface area (Å²) in [4.78, 5) is 13.0. The van der Waals surface area contributed by atoms with Gasteiger partial charge in [0.05, 0.1) is 25.4 Å². The van der Waals surface area contributed by atoms with E-state index in [2.05, 4.69) is 23.3 Å². The van der Waals surface area contributed by atoms with Crippen molar-refractivity contribution >= 4 is 16.3 Å². The maximum atomic E-state index is 13.0. The number of ether oxygens (including phenoxy) is 2. The number of carbonyl (C=O) groups excluding carboxylic acids is 1. The Kier molecular flexibility index (Phi) is 37.2. The molecule has 1 amide bonds. The summed E-state index contributed by atoms with van der Waals surface area (Å²) in [5.74, 6) is -0.260. The third-order valence-electron chi connectivity index (χ3n) is 12.1. The fourth-order valence-electron chi connectivity index (χ4n) is 8.16. The highest BCUT2D eigenvalue weighted by Crippen LogP contribution is 2.26. The molecule has 6 N–H and O–H groups in total. The lowest BCUT2D eigenvalue weighted by molar-refractivity contribution is -0.298. The maximum absolute atomic E-state index is 13.0. The normalized spacial score (nSPS) is 20.7. The molecule has 1 aliphatic heterocycles. The van der Waals surface area contributed by atoms with Gasteiger partial charge in [0, 0.05) is 6.42 Å². The van der Waals surface area contributed by atoms with Crippen LogP contribution in [0.3, 0.4) is 0 Å². The van der Waals surface area contributed by atoms with Crippen LogP contribution in [0.25, 0.3) is 0 Å². The monoisotopic (exact) mass is 892 g/mol. The summed E-state index contributed by atoms with van der Waals surface area (Å²) in [7, 11) is -5.08. The highest BCUT2D eigenvalue weighted by atomic mass is 32.3. The van der Waals surface area contributed by atoms with Gasteiger partial charge in [0.25, 0.3) is 0 Å². The quantitative estimate of drug-likeness (QED) is 0.0194. The fourth-order valence-corrected chi connectivity index (χ4v) is 8.67. The molecule has 7 atom stereocenters. The minimum absolute atomic E-state index is 0.260.